The molecule has 8 heteroatoms. The third-order valence-corrected chi connectivity index (χ3v) is 4.20. The number of hydrogen-bond donors (Lipinski definition) is 1. The van der Waals surface area contributed by atoms with Crippen LogP contribution in [0.1, 0.15) is 34.5 Å². The summed E-state index contributed by atoms with van der Waals surface area (Å²) in [7, 11) is 0. The summed E-state index contributed by atoms with van der Waals surface area (Å²) in [5.41, 5.74) is -0.187. The van der Waals surface area contributed by atoms with Crippen molar-refractivity contribution in [3.05, 3.63) is 58.1 Å². The standard InChI is InChI=1S/C18H15ClF3NO3/c1-10(11-3-2-4-13(7-11)18(20,21)22)23-17(24)12-8-14(19)16-15(9-12)25-5-6-26-16/h2-4,7-10H,5-6H2,1H3,(H,23,24)/t10-/m0/s1. The maximum atomic E-state index is 12.8. The van der Waals surface area contributed by atoms with Crippen LogP contribution in [0.15, 0.2) is 36.4 Å². The molecule has 0 fully saturated rings. The van der Waals surface area contributed by atoms with Gasteiger partial charge in [-0.15, -0.1) is 0 Å². The van der Waals surface area contributed by atoms with E-state index < -0.39 is 23.7 Å². The van der Waals surface area contributed by atoms with Crippen LogP contribution in [-0.2, 0) is 6.18 Å². The van der Waals surface area contributed by atoms with Crippen LogP contribution in [0, 0.1) is 0 Å². The number of carbonyl (C=O) groups excluding carboxylic acids is 1. The molecule has 4 nitrogen and oxygen atoms in total. The lowest BCUT2D eigenvalue weighted by Crippen LogP contribution is -2.27. The summed E-state index contributed by atoms with van der Waals surface area (Å²) in [6, 6.07) is 7.13. The van der Waals surface area contributed by atoms with Crippen molar-refractivity contribution in [2.24, 2.45) is 0 Å². The average molecular weight is 386 g/mol. The van der Waals surface area contributed by atoms with Crippen LogP contribution in [-0.4, -0.2) is 19.1 Å². The highest BCUT2D eigenvalue weighted by Crippen LogP contribution is 2.38. The molecule has 26 heavy (non-hydrogen) atoms. The Morgan fingerprint density at radius 1 is 1.19 bits per heavy atom. The Morgan fingerprint density at radius 3 is 2.65 bits per heavy atom. The van der Waals surface area contributed by atoms with Crippen LogP contribution >= 0.6 is 11.6 Å². The van der Waals surface area contributed by atoms with Crippen LogP contribution in [0.2, 0.25) is 5.02 Å². The van der Waals surface area contributed by atoms with Crippen molar-refractivity contribution in [3.8, 4) is 11.5 Å². The van der Waals surface area contributed by atoms with Crippen LogP contribution in [0.5, 0.6) is 11.5 Å². The van der Waals surface area contributed by atoms with Crippen molar-refractivity contribution in [1.29, 1.82) is 0 Å². The number of ether oxygens (including phenoxy) is 2. The van der Waals surface area contributed by atoms with Crippen LogP contribution in [0.3, 0.4) is 0 Å². The molecule has 0 aromatic heterocycles. The Bertz CT molecular complexity index is 839. The second kappa shape index (κ2) is 7.07. The number of amides is 1. The molecule has 1 amide bonds. The van der Waals surface area contributed by atoms with Crippen LogP contribution < -0.4 is 14.8 Å². The SMILES string of the molecule is C[C@H](NC(=O)c1cc(Cl)c2c(c1)OCCO2)c1cccc(C(F)(F)F)c1. The van der Waals surface area contributed by atoms with Crippen molar-refractivity contribution in [3.63, 3.8) is 0 Å². The molecule has 0 unspecified atom stereocenters. The van der Waals surface area contributed by atoms with Crippen molar-refractivity contribution >= 4 is 17.5 Å². The largest absolute Gasteiger partial charge is 0.486 e. The zero-order chi connectivity index (χ0) is 18.9. The van der Waals surface area contributed by atoms with Gasteiger partial charge >= 0.3 is 6.18 Å². The fourth-order valence-electron chi connectivity index (χ4n) is 2.59. The Kier molecular flexibility index (Phi) is 5.00. The summed E-state index contributed by atoms with van der Waals surface area (Å²) in [5, 5.41) is 2.90. The molecule has 2 aromatic rings. The number of rotatable bonds is 3. The van der Waals surface area contributed by atoms with Crippen LogP contribution in [0.4, 0.5) is 13.2 Å². The first-order valence-corrected chi connectivity index (χ1v) is 8.20. The number of benzene rings is 2. The van der Waals surface area contributed by atoms with E-state index >= 15 is 0 Å². The van der Waals surface area contributed by atoms with E-state index in [1.807, 2.05) is 0 Å². The predicted molar refractivity (Wildman–Crippen MR) is 89.8 cm³/mol. The molecule has 0 bridgehead atoms. The third kappa shape index (κ3) is 3.88. The molecule has 138 valence electrons. The topological polar surface area (TPSA) is 47.6 Å². The molecule has 3 rings (SSSR count). The average Bonchev–Trinajstić information content (AvgIpc) is 2.61. The summed E-state index contributed by atoms with van der Waals surface area (Å²) < 4.78 is 49.3. The number of halogens is 4. The van der Waals surface area contributed by atoms with Gasteiger partial charge in [0.2, 0.25) is 0 Å². The number of hydrogen-bond acceptors (Lipinski definition) is 3. The molecule has 0 saturated heterocycles. The summed E-state index contributed by atoms with van der Waals surface area (Å²) in [4.78, 5) is 12.5. The van der Waals surface area contributed by atoms with E-state index in [2.05, 4.69) is 5.32 Å². The molecule has 0 radical (unpaired) electrons. The molecule has 1 N–H and O–H groups in total. The van der Waals surface area contributed by atoms with E-state index in [-0.39, 0.29) is 10.6 Å². The summed E-state index contributed by atoms with van der Waals surface area (Å²) in [6.07, 6.45) is -4.44. The zero-order valence-electron chi connectivity index (χ0n) is 13.7. The second-order valence-corrected chi connectivity index (χ2v) is 6.21. The monoisotopic (exact) mass is 385 g/mol. The lowest BCUT2D eigenvalue weighted by Gasteiger charge is -2.21. The van der Waals surface area contributed by atoms with Crippen molar-refractivity contribution < 1.29 is 27.4 Å². The second-order valence-electron chi connectivity index (χ2n) is 5.80. The van der Waals surface area contributed by atoms with Gasteiger partial charge in [0.1, 0.15) is 13.2 Å². The van der Waals surface area contributed by atoms with Crippen molar-refractivity contribution in [2.75, 3.05) is 13.2 Å². The molecule has 1 heterocycles. The Labute approximate surface area is 152 Å². The first kappa shape index (κ1) is 18.4. The maximum Gasteiger partial charge on any atom is 0.416 e. The van der Waals surface area contributed by atoms with E-state index in [4.69, 9.17) is 21.1 Å². The van der Waals surface area contributed by atoms with Gasteiger partial charge in [-0.05, 0) is 36.8 Å². The van der Waals surface area contributed by atoms with Crippen LogP contribution in [0.25, 0.3) is 0 Å². The van der Waals surface area contributed by atoms with Crippen molar-refractivity contribution in [1.82, 2.24) is 5.32 Å². The summed E-state index contributed by atoms with van der Waals surface area (Å²) in [6.45, 7) is 2.31. The molecule has 2 aromatic carbocycles. The smallest absolute Gasteiger partial charge is 0.416 e. The molecule has 1 aliphatic heterocycles. The van der Waals surface area contributed by atoms with Gasteiger partial charge < -0.3 is 14.8 Å². The van der Waals surface area contributed by atoms with E-state index in [9.17, 15) is 18.0 Å². The molecule has 0 spiro atoms. The minimum atomic E-state index is -4.44. The van der Waals surface area contributed by atoms with Gasteiger partial charge in [-0.2, -0.15) is 13.2 Å². The zero-order valence-corrected chi connectivity index (χ0v) is 14.4. The highest BCUT2D eigenvalue weighted by Gasteiger charge is 2.31. The van der Waals surface area contributed by atoms with Gasteiger partial charge in [-0.25, -0.2) is 0 Å². The first-order valence-electron chi connectivity index (χ1n) is 7.83. The Balaban J connectivity index is 1.79. The molecule has 1 aliphatic rings. The van der Waals surface area contributed by atoms with Gasteiger partial charge in [0.05, 0.1) is 16.6 Å². The fourth-order valence-corrected chi connectivity index (χ4v) is 2.85. The summed E-state index contributed by atoms with van der Waals surface area (Å²) in [5.74, 6) is 0.259. The number of fused-ring (bicyclic) bond motifs is 1. The Morgan fingerprint density at radius 2 is 1.92 bits per heavy atom. The van der Waals surface area contributed by atoms with Gasteiger partial charge in [-0.3, -0.25) is 4.79 Å². The normalized spacial score (nSPS) is 14.7. The first-order chi connectivity index (χ1) is 12.3. The summed E-state index contributed by atoms with van der Waals surface area (Å²) >= 11 is 6.11. The van der Waals surface area contributed by atoms with E-state index in [1.54, 1.807) is 6.92 Å². The predicted octanol–water partition coefficient (Wildman–Crippen LogP) is 4.62. The fraction of sp³-hybridized carbons (Fsp3) is 0.278. The van der Waals surface area contributed by atoms with E-state index in [0.29, 0.717) is 30.3 Å². The molecule has 0 saturated carbocycles. The number of carbonyl (C=O) groups is 1. The number of alkyl halides is 3. The minimum Gasteiger partial charge on any atom is -0.486 e. The molecular weight excluding hydrogens is 371 g/mol. The van der Waals surface area contributed by atoms with Gasteiger partial charge in [0.25, 0.3) is 5.91 Å². The molecule has 1 atom stereocenters. The van der Waals surface area contributed by atoms with Gasteiger partial charge in [0, 0.05) is 5.56 Å². The highest BCUT2D eigenvalue weighted by atomic mass is 35.5. The quantitative estimate of drug-likeness (QED) is 0.838. The van der Waals surface area contributed by atoms with Gasteiger partial charge in [-0.1, -0.05) is 23.7 Å². The van der Waals surface area contributed by atoms with E-state index in [1.165, 1.54) is 24.3 Å². The lowest BCUT2D eigenvalue weighted by atomic mass is 10.0. The van der Waals surface area contributed by atoms with Crippen molar-refractivity contribution in [2.45, 2.75) is 19.1 Å². The lowest BCUT2D eigenvalue weighted by molar-refractivity contribution is -0.137. The highest BCUT2D eigenvalue weighted by molar-refractivity contribution is 6.32. The third-order valence-electron chi connectivity index (χ3n) is 3.92. The Hall–Kier alpha value is -2.41. The number of nitrogens with one attached hydrogen (secondary N) is 1. The minimum absolute atomic E-state index is 0.234. The van der Waals surface area contributed by atoms with E-state index in [0.717, 1.165) is 12.1 Å². The molecular formula is C18H15ClF3NO3. The van der Waals surface area contributed by atoms with Gasteiger partial charge in [0.15, 0.2) is 11.5 Å². The molecule has 0 aliphatic carbocycles. The maximum absolute atomic E-state index is 12.8.